The van der Waals surface area contributed by atoms with Crippen LogP contribution >= 0.6 is 0 Å². The molecule has 3 nitrogen and oxygen atoms in total. The number of nitrogens with zero attached hydrogens (tertiary/aromatic N) is 1. The maximum Gasteiger partial charge on any atom is 0.0445 e. The van der Waals surface area contributed by atoms with E-state index in [2.05, 4.69) is 51.8 Å². The molecule has 0 aromatic rings. The van der Waals surface area contributed by atoms with Crippen LogP contribution in [0.5, 0.6) is 0 Å². The molecular weight excluding hydrogens is 234 g/mol. The van der Waals surface area contributed by atoms with E-state index in [-0.39, 0.29) is 5.54 Å². The maximum atomic E-state index is 6.08. The van der Waals surface area contributed by atoms with Gasteiger partial charge in [0.2, 0.25) is 0 Å². The molecule has 1 unspecified atom stereocenters. The van der Waals surface area contributed by atoms with Crippen molar-refractivity contribution < 1.29 is 0 Å². The van der Waals surface area contributed by atoms with Crippen molar-refractivity contribution in [1.29, 1.82) is 0 Å². The third-order valence-electron chi connectivity index (χ3n) is 4.93. The Morgan fingerprint density at radius 1 is 1.11 bits per heavy atom. The molecule has 1 atom stereocenters. The molecule has 1 fully saturated rings. The number of rotatable bonds is 7. The second-order valence-electron chi connectivity index (χ2n) is 7.33. The molecular formula is C16H35N3. The minimum Gasteiger partial charge on any atom is -0.329 e. The first kappa shape index (κ1) is 16.9. The zero-order valence-corrected chi connectivity index (χ0v) is 13.9. The molecule has 0 bridgehead atoms. The van der Waals surface area contributed by atoms with Crippen LogP contribution in [0.25, 0.3) is 0 Å². The van der Waals surface area contributed by atoms with Crippen molar-refractivity contribution in [3.8, 4) is 0 Å². The average molecular weight is 269 g/mol. The van der Waals surface area contributed by atoms with Gasteiger partial charge in [-0.05, 0) is 44.6 Å². The summed E-state index contributed by atoms with van der Waals surface area (Å²) in [5.74, 6) is 2.19. The topological polar surface area (TPSA) is 41.3 Å². The van der Waals surface area contributed by atoms with Crippen LogP contribution in [0, 0.1) is 17.8 Å². The molecule has 3 N–H and O–H groups in total. The lowest BCUT2D eigenvalue weighted by Gasteiger charge is -2.34. The van der Waals surface area contributed by atoms with Crippen LogP contribution in [0.4, 0.5) is 0 Å². The molecule has 19 heavy (non-hydrogen) atoms. The molecule has 114 valence electrons. The predicted molar refractivity (Wildman–Crippen MR) is 84.3 cm³/mol. The Hall–Kier alpha value is -0.120. The average Bonchev–Trinajstić information content (AvgIpc) is 2.73. The normalized spacial score (nSPS) is 25.4. The van der Waals surface area contributed by atoms with Crippen LogP contribution in [0.2, 0.25) is 0 Å². The minimum absolute atomic E-state index is 0.145. The van der Waals surface area contributed by atoms with Gasteiger partial charge in [-0.15, -0.1) is 0 Å². The van der Waals surface area contributed by atoms with Gasteiger partial charge in [0.1, 0.15) is 0 Å². The monoisotopic (exact) mass is 269 g/mol. The first-order chi connectivity index (χ1) is 8.81. The number of nitrogens with two attached hydrogens (primary N) is 1. The predicted octanol–water partition coefficient (Wildman–Crippen LogP) is 2.32. The zero-order valence-electron chi connectivity index (χ0n) is 13.9. The van der Waals surface area contributed by atoms with Gasteiger partial charge in [-0.1, -0.05) is 27.7 Å². The van der Waals surface area contributed by atoms with Crippen LogP contribution in [0.1, 0.15) is 48.0 Å². The van der Waals surface area contributed by atoms with E-state index >= 15 is 0 Å². The standard InChI is InChI=1S/C16H35N3/c1-12(2)15(13(3)4)9-18-16(10-17)7-8-19(11-16)14(5)6/h12-15,18H,7-11,17H2,1-6H3. The Labute approximate surface area is 120 Å². The van der Waals surface area contributed by atoms with E-state index in [0.717, 1.165) is 37.4 Å². The minimum atomic E-state index is 0.145. The lowest BCUT2D eigenvalue weighted by molar-refractivity contribution is 0.212. The molecule has 1 aliphatic rings. The van der Waals surface area contributed by atoms with Crippen LogP contribution in [-0.4, -0.2) is 42.7 Å². The fraction of sp³-hybridized carbons (Fsp3) is 1.00. The van der Waals surface area contributed by atoms with Gasteiger partial charge in [0, 0.05) is 31.2 Å². The Balaban J connectivity index is 2.58. The zero-order chi connectivity index (χ0) is 14.6. The first-order valence-corrected chi connectivity index (χ1v) is 8.00. The fourth-order valence-electron chi connectivity index (χ4n) is 3.30. The second-order valence-corrected chi connectivity index (χ2v) is 7.33. The third kappa shape index (κ3) is 4.44. The Kier molecular flexibility index (Phi) is 6.28. The van der Waals surface area contributed by atoms with Gasteiger partial charge in [-0.3, -0.25) is 4.90 Å². The summed E-state index contributed by atoms with van der Waals surface area (Å²) in [6, 6.07) is 0.626. The highest BCUT2D eigenvalue weighted by Crippen LogP contribution is 2.25. The summed E-state index contributed by atoms with van der Waals surface area (Å²) in [6.45, 7) is 18.0. The van der Waals surface area contributed by atoms with E-state index < -0.39 is 0 Å². The highest BCUT2D eigenvalue weighted by atomic mass is 15.2. The number of hydrogen-bond acceptors (Lipinski definition) is 3. The van der Waals surface area contributed by atoms with Crippen molar-refractivity contribution in [2.45, 2.75) is 59.5 Å². The SMILES string of the molecule is CC(C)C(CNC1(CN)CCN(C(C)C)C1)C(C)C. The van der Waals surface area contributed by atoms with E-state index in [9.17, 15) is 0 Å². The van der Waals surface area contributed by atoms with Gasteiger partial charge in [0.15, 0.2) is 0 Å². The molecule has 1 heterocycles. The van der Waals surface area contributed by atoms with E-state index in [1.165, 1.54) is 13.0 Å². The summed E-state index contributed by atoms with van der Waals surface area (Å²) < 4.78 is 0. The van der Waals surface area contributed by atoms with E-state index in [4.69, 9.17) is 5.73 Å². The van der Waals surface area contributed by atoms with Crippen molar-refractivity contribution in [3.63, 3.8) is 0 Å². The van der Waals surface area contributed by atoms with Crippen molar-refractivity contribution >= 4 is 0 Å². The molecule has 0 aromatic carbocycles. The summed E-state index contributed by atoms with van der Waals surface area (Å²) in [5, 5.41) is 3.83. The molecule has 1 saturated heterocycles. The first-order valence-electron chi connectivity index (χ1n) is 8.00. The van der Waals surface area contributed by atoms with Gasteiger partial charge < -0.3 is 11.1 Å². The summed E-state index contributed by atoms with van der Waals surface area (Å²) >= 11 is 0. The van der Waals surface area contributed by atoms with Gasteiger partial charge in [0.05, 0.1) is 0 Å². The lowest BCUT2D eigenvalue weighted by Crippen LogP contribution is -2.55. The molecule has 0 spiro atoms. The van der Waals surface area contributed by atoms with Crippen LogP contribution in [0.15, 0.2) is 0 Å². The molecule has 1 aliphatic heterocycles. The maximum absolute atomic E-state index is 6.08. The third-order valence-corrected chi connectivity index (χ3v) is 4.93. The fourth-order valence-corrected chi connectivity index (χ4v) is 3.30. The summed E-state index contributed by atoms with van der Waals surface area (Å²) in [5.41, 5.74) is 6.23. The smallest absolute Gasteiger partial charge is 0.0445 e. The highest BCUT2D eigenvalue weighted by molar-refractivity contribution is 4.99. The van der Waals surface area contributed by atoms with Crippen molar-refractivity contribution in [3.05, 3.63) is 0 Å². The van der Waals surface area contributed by atoms with Crippen molar-refractivity contribution in [2.75, 3.05) is 26.2 Å². The van der Waals surface area contributed by atoms with Gasteiger partial charge in [0.25, 0.3) is 0 Å². The van der Waals surface area contributed by atoms with Gasteiger partial charge in [-0.2, -0.15) is 0 Å². The molecule has 0 radical (unpaired) electrons. The molecule has 0 saturated carbocycles. The summed E-state index contributed by atoms with van der Waals surface area (Å²) in [7, 11) is 0. The summed E-state index contributed by atoms with van der Waals surface area (Å²) in [4.78, 5) is 2.54. The van der Waals surface area contributed by atoms with E-state index in [1.807, 2.05) is 0 Å². The molecule has 3 heteroatoms. The number of nitrogens with one attached hydrogen (secondary N) is 1. The molecule has 1 rings (SSSR count). The molecule has 0 aliphatic carbocycles. The van der Waals surface area contributed by atoms with E-state index in [1.54, 1.807) is 0 Å². The van der Waals surface area contributed by atoms with Crippen LogP contribution < -0.4 is 11.1 Å². The Morgan fingerprint density at radius 3 is 2.05 bits per heavy atom. The summed E-state index contributed by atoms with van der Waals surface area (Å²) in [6.07, 6.45) is 1.19. The number of likely N-dealkylation sites (tertiary alicyclic amines) is 1. The Bertz CT molecular complexity index is 255. The Morgan fingerprint density at radius 2 is 1.68 bits per heavy atom. The lowest BCUT2D eigenvalue weighted by atomic mass is 9.84. The molecule has 0 amide bonds. The molecule has 0 aromatic heterocycles. The highest BCUT2D eigenvalue weighted by Gasteiger charge is 2.38. The number of hydrogen-bond donors (Lipinski definition) is 2. The van der Waals surface area contributed by atoms with Crippen LogP contribution in [0.3, 0.4) is 0 Å². The van der Waals surface area contributed by atoms with E-state index in [0.29, 0.717) is 6.04 Å². The van der Waals surface area contributed by atoms with Crippen molar-refractivity contribution in [1.82, 2.24) is 10.2 Å². The largest absolute Gasteiger partial charge is 0.329 e. The second kappa shape index (κ2) is 7.05. The van der Waals surface area contributed by atoms with Crippen molar-refractivity contribution in [2.24, 2.45) is 23.5 Å². The van der Waals surface area contributed by atoms with Gasteiger partial charge >= 0.3 is 0 Å². The van der Waals surface area contributed by atoms with Gasteiger partial charge in [-0.25, -0.2) is 0 Å². The quantitative estimate of drug-likeness (QED) is 0.745. The van der Waals surface area contributed by atoms with Crippen LogP contribution in [-0.2, 0) is 0 Å².